The maximum absolute atomic E-state index is 10.8. The van der Waals surface area contributed by atoms with E-state index in [1.807, 2.05) is 0 Å². The third-order valence-corrected chi connectivity index (χ3v) is 21.1. The molecule has 0 spiro atoms. The predicted octanol–water partition coefficient (Wildman–Crippen LogP) is 6.44. The molecule has 0 bridgehead atoms. The number of rotatable bonds is 13. The van der Waals surface area contributed by atoms with Gasteiger partial charge in [0.15, 0.2) is 0 Å². The SMILES string of the molecule is CCC[CH2][Sn]([CH2]CCC)([CH2]CCC)[CH2]C(O)Cc1ccccc1. The Morgan fingerprint density at radius 2 is 1.30 bits per heavy atom. The van der Waals surface area contributed by atoms with E-state index in [9.17, 15) is 5.11 Å². The molecule has 1 unspecified atom stereocenters. The zero-order chi connectivity index (χ0) is 17.0. The van der Waals surface area contributed by atoms with E-state index in [0.717, 1.165) is 6.42 Å². The van der Waals surface area contributed by atoms with E-state index in [2.05, 4.69) is 51.1 Å². The first-order valence-corrected chi connectivity index (χ1v) is 17.9. The number of unbranched alkanes of at least 4 members (excludes halogenated alkanes) is 3. The molecule has 1 nitrogen and oxygen atoms in total. The van der Waals surface area contributed by atoms with Crippen molar-refractivity contribution in [3.05, 3.63) is 35.9 Å². The fourth-order valence-corrected chi connectivity index (χ4v) is 20.4. The quantitative estimate of drug-likeness (QED) is 0.361. The zero-order valence-corrected chi connectivity index (χ0v) is 18.5. The molecule has 0 saturated heterocycles. The molecule has 1 N–H and O–H groups in total. The van der Waals surface area contributed by atoms with E-state index in [0.29, 0.717) is 0 Å². The van der Waals surface area contributed by atoms with E-state index in [1.165, 1.54) is 61.8 Å². The summed E-state index contributed by atoms with van der Waals surface area (Å²) in [6.07, 6.45) is 8.84. The van der Waals surface area contributed by atoms with Gasteiger partial charge in [-0.25, -0.2) is 0 Å². The van der Waals surface area contributed by atoms with Crippen molar-refractivity contribution in [1.29, 1.82) is 0 Å². The van der Waals surface area contributed by atoms with Crippen LogP contribution in [0.25, 0.3) is 0 Å². The van der Waals surface area contributed by atoms with Gasteiger partial charge in [0, 0.05) is 0 Å². The number of hydrogen-bond donors (Lipinski definition) is 1. The summed E-state index contributed by atoms with van der Waals surface area (Å²) in [5.41, 5.74) is 1.29. The minimum atomic E-state index is -2.19. The number of aliphatic hydroxyl groups excluding tert-OH is 1. The van der Waals surface area contributed by atoms with Crippen molar-refractivity contribution in [2.45, 2.75) is 89.6 Å². The van der Waals surface area contributed by atoms with Crippen LogP contribution in [0.4, 0.5) is 0 Å². The Morgan fingerprint density at radius 3 is 1.74 bits per heavy atom. The predicted molar refractivity (Wildman–Crippen MR) is 106 cm³/mol. The summed E-state index contributed by atoms with van der Waals surface area (Å²) in [6.45, 7) is 6.95. The van der Waals surface area contributed by atoms with Crippen LogP contribution in [0.2, 0.25) is 17.7 Å². The summed E-state index contributed by atoms with van der Waals surface area (Å²) < 4.78 is 5.68. The third kappa shape index (κ3) is 8.58. The second kappa shape index (κ2) is 12.4. The number of benzene rings is 1. The van der Waals surface area contributed by atoms with Crippen LogP contribution in [0.1, 0.15) is 64.9 Å². The molecule has 0 heterocycles. The van der Waals surface area contributed by atoms with Gasteiger partial charge in [-0.05, 0) is 0 Å². The van der Waals surface area contributed by atoms with E-state index < -0.39 is 18.4 Å². The molecule has 1 rings (SSSR count). The van der Waals surface area contributed by atoms with E-state index in [4.69, 9.17) is 0 Å². The van der Waals surface area contributed by atoms with Crippen molar-refractivity contribution in [1.82, 2.24) is 0 Å². The fourth-order valence-electron chi connectivity index (χ4n) is 3.79. The summed E-state index contributed by atoms with van der Waals surface area (Å²) in [5, 5.41) is 10.8. The van der Waals surface area contributed by atoms with Crippen molar-refractivity contribution in [2.75, 3.05) is 0 Å². The van der Waals surface area contributed by atoms with Crippen molar-refractivity contribution in [2.24, 2.45) is 0 Å². The van der Waals surface area contributed by atoms with Crippen molar-refractivity contribution in [3.8, 4) is 0 Å². The van der Waals surface area contributed by atoms with Crippen LogP contribution >= 0.6 is 0 Å². The monoisotopic (exact) mass is 426 g/mol. The van der Waals surface area contributed by atoms with E-state index in [1.54, 1.807) is 0 Å². The first kappa shape index (κ1) is 21.0. The summed E-state index contributed by atoms with van der Waals surface area (Å²) in [7, 11) is 0. The molecule has 0 radical (unpaired) electrons. The van der Waals surface area contributed by atoms with Gasteiger partial charge in [-0.15, -0.1) is 0 Å². The van der Waals surface area contributed by atoms with Crippen molar-refractivity contribution in [3.63, 3.8) is 0 Å². The average Bonchev–Trinajstić information content (AvgIpc) is 2.57. The van der Waals surface area contributed by atoms with E-state index in [-0.39, 0.29) is 6.10 Å². The van der Waals surface area contributed by atoms with Crippen LogP contribution in [0.15, 0.2) is 30.3 Å². The summed E-state index contributed by atoms with van der Waals surface area (Å²) in [4.78, 5) is 0. The van der Waals surface area contributed by atoms with Gasteiger partial charge in [0.25, 0.3) is 0 Å². The molecule has 1 atom stereocenters. The van der Waals surface area contributed by atoms with E-state index >= 15 is 0 Å². The average molecular weight is 425 g/mol. The Labute approximate surface area is 148 Å². The first-order chi connectivity index (χ1) is 11.2. The molecule has 0 amide bonds. The van der Waals surface area contributed by atoms with Crippen LogP contribution in [0.5, 0.6) is 0 Å². The van der Waals surface area contributed by atoms with Gasteiger partial charge in [-0.1, -0.05) is 0 Å². The fraction of sp³-hybridized carbons (Fsp3) is 0.714. The standard InChI is InChI=1S/C9H11O.3C4H9.Sn/c1-8(10)7-9-5-3-2-4-6-9;3*1-3-4-2;/h2-6,8,10H,1,7H2;3*1,3-4H2,2H3;. The van der Waals surface area contributed by atoms with Gasteiger partial charge in [-0.3, -0.25) is 0 Å². The Hall–Kier alpha value is -0.0213. The molecular weight excluding hydrogens is 387 g/mol. The molecule has 0 aliphatic heterocycles. The van der Waals surface area contributed by atoms with Gasteiger partial charge >= 0.3 is 149 Å². The normalized spacial score (nSPS) is 13.2. The molecule has 0 aliphatic rings. The van der Waals surface area contributed by atoms with Gasteiger partial charge < -0.3 is 0 Å². The summed E-state index contributed by atoms with van der Waals surface area (Å²) >= 11 is -2.19. The second-order valence-corrected chi connectivity index (χ2v) is 21.4. The molecule has 0 aliphatic carbocycles. The zero-order valence-electron chi connectivity index (χ0n) is 15.7. The molecule has 132 valence electrons. The Bertz CT molecular complexity index is 368. The minimum absolute atomic E-state index is 0.112. The molecule has 0 saturated carbocycles. The van der Waals surface area contributed by atoms with Crippen molar-refractivity contribution >= 4 is 18.4 Å². The van der Waals surface area contributed by atoms with Crippen LogP contribution in [-0.4, -0.2) is 29.6 Å². The molecule has 1 aromatic rings. The van der Waals surface area contributed by atoms with Crippen molar-refractivity contribution < 1.29 is 5.11 Å². The third-order valence-electron chi connectivity index (χ3n) is 5.16. The molecule has 2 heteroatoms. The maximum atomic E-state index is 10.8. The van der Waals surface area contributed by atoms with Gasteiger partial charge in [0.05, 0.1) is 0 Å². The first-order valence-electron chi connectivity index (χ1n) is 9.87. The second-order valence-electron chi connectivity index (χ2n) is 7.36. The summed E-state index contributed by atoms with van der Waals surface area (Å²) in [6, 6.07) is 10.5. The number of aliphatic hydroxyl groups is 1. The van der Waals surface area contributed by atoms with Crippen LogP contribution < -0.4 is 0 Å². The molecule has 0 fully saturated rings. The topological polar surface area (TPSA) is 20.2 Å². The number of hydrogen-bond acceptors (Lipinski definition) is 1. The molecule has 23 heavy (non-hydrogen) atoms. The van der Waals surface area contributed by atoms with Gasteiger partial charge in [-0.2, -0.15) is 0 Å². The molecule has 1 aromatic carbocycles. The Morgan fingerprint density at radius 1 is 0.826 bits per heavy atom. The molecule has 0 aromatic heterocycles. The van der Waals surface area contributed by atoms with Gasteiger partial charge in [0.2, 0.25) is 0 Å². The molecular formula is C21H38OSn. The Kier molecular flexibility index (Phi) is 11.3. The van der Waals surface area contributed by atoms with Gasteiger partial charge in [0.1, 0.15) is 0 Å². The van der Waals surface area contributed by atoms with Crippen LogP contribution in [0.3, 0.4) is 0 Å². The Balaban J connectivity index is 2.73. The van der Waals surface area contributed by atoms with Crippen LogP contribution in [0, 0.1) is 0 Å². The van der Waals surface area contributed by atoms with Crippen LogP contribution in [-0.2, 0) is 6.42 Å². The summed E-state index contributed by atoms with van der Waals surface area (Å²) in [5.74, 6) is 0.